The van der Waals surface area contributed by atoms with Crippen molar-refractivity contribution < 1.29 is 9.59 Å². The van der Waals surface area contributed by atoms with Crippen LogP contribution in [0.5, 0.6) is 0 Å². The summed E-state index contributed by atoms with van der Waals surface area (Å²) in [5.74, 6) is -0.166. The number of amides is 2. The zero-order valence-electron chi connectivity index (χ0n) is 14.0. The predicted molar refractivity (Wildman–Crippen MR) is 95.1 cm³/mol. The number of halogens is 1. The van der Waals surface area contributed by atoms with Gasteiger partial charge in [0.25, 0.3) is 0 Å². The largest absolute Gasteiger partial charge is 0.335 e. The van der Waals surface area contributed by atoms with Gasteiger partial charge in [0, 0.05) is 12.7 Å². The molecule has 2 N–H and O–H groups in total. The Morgan fingerprint density at radius 2 is 1.91 bits per heavy atom. The Morgan fingerprint density at radius 1 is 1.26 bits per heavy atom. The maximum atomic E-state index is 12.3. The van der Waals surface area contributed by atoms with Gasteiger partial charge in [-0.3, -0.25) is 9.59 Å². The van der Waals surface area contributed by atoms with Gasteiger partial charge in [-0.2, -0.15) is 0 Å². The van der Waals surface area contributed by atoms with Crippen LogP contribution in [0.15, 0.2) is 18.2 Å². The van der Waals surface area contributed by atoms with Gasteiger partial charge < -0.3 is 15.5 Å². The lowest BCUT2D eigenvalue weighted by atomic mass is 10.0. The molecule has 128 valence electrons. The number of nitrogens with zero attached hydrogens (tertiary/aromatic N) is 1. The Balaban J connectivity index is 0.00000264. The minimum Gasteiger partial charge on any atom is -0.335 e. The molecule has 5 nitrogen and oxygen atoms in total. The van der Waals surface area contributed by atoms with Crippen LogP contribution in [-0.2, 0) is 9.59 Å². The Kier molecular flexibility index (Phi) is 7.52. The van der Waals surface area contributed by atoms with E-state index >= 15 is 0 Å². The maximum Gasteiger partial charge on any atom is 0.243 e. The molecule has 2 rings (SSSR count). The molecule has 1 aliphatic rings. The zero-order valence-corrected chi connectivity index (χ0v) is 14.8. The highest BCUT2D eigenvalue weighted by Crippen LogP contribution is 2.19. The lowest BCUT2D eigenvalue weighted by molar-refractivity contribution is -0.135. The fraction of sp³-hybridized carbons (Fsp3) is 0.529. The number of aryl methyl sites for hydroxylation is 2. The third-order valence-corrected chi connectivity index (χ3v) is 4.11. The minimum absolute atomic E-state index is 0. The van der Waals surface area contributed by atoms with E-state index in [1.807, 2.05) is 32.0 Å². The first-order chi connectivity index (χ1) is 10.5. The molecule has 0 aromatic heterocycles. The van der Waals surface area contributed by atoms with Gasteiger partial charge in [0.1, 0.15) is 0 Å². The molecule has 1 saturated heterocycles. The van der Waals surface area contributed by atoms with E-state index in [1.165, 1.54) is 4.90 Å². The van der Waals surface area contributed by atoms with Crippen LogP contribution in [0.25, 0.3) is 0 Å². The molecule has 6 heteroatoms. The van der Waals surface area contributed by atoms with Crippen LogP contribution in [0, 0.1) is 13.8 Å². The molecule has 23 heavy (non-hydrogen) atoms. The topological polar surface area (TPSA) is 61.4 Å². The Bertz CT molecular complexity index is 537. The summed E-state index contributed by atoms with van der Waals surface area (Å²) in [4.78, 5) is 26.0. The molecule has 0 bridgehead atoms. The van der Waals surface area contributed by atoms with Gasteiger partial charge in [-0.25, -0.2) is 0 Å². The second-order valence-electron chi connectivity index (χ2n) is 6.01. The number of carbonyl (C=O) groups is 2. The van der Waals surface area contributed by atoms with Gasteiger partial charge in [0.05, 0.1) is 12.6 Å². The van der Waals surface area contributed by atoms with Crippen molar-refractivity contribution in [2.75, 3.05) is 25.5 Å². The summed E-state index contributed by atoms with van der Waals surface area (Å²) in [7, 11) is 1.68. The van der Waals surface area contributed by atoms with Gasteiger partial charge in [-0.05, 0) is 44.4 Å². The van der Waals surface area contributed by atoms with Gasteiger partial charge in [0.2, 0.25) is 11.8 Å². The number of rotatable bonds is 4. The molecule has 1 aliphatic heterocycles. The molecule has 1 atom stereocenters. The van der Waals surface area contributed by atoms with Crippen LogP contribution < -0.4 is 10.6 Å². The Morgan fingerprint density at radius 3 is 2.48 bits per heavy atom. The van der Waals surface area contributed by atoms with E-state index in [1.54, 1.807) is 7.05 Å². The normalized spacial score (nSPS) is 17.1. The van der Waals surface area contributed by atoms with Gasteiger partial charge in [0.15, 0.2) is 0 Å². The van der Waals surface area contributed by atoms with E-state index in [2.05, 4.69) is 10.6 Å². The number of para-hydroxylation sites is 1. The number of piperidine rings is 1. The molecular weight excluding hydrogens is 314 g/mol. The van der Waals surface area contributed by atoms with Crippen LogP contribution in [-0.4, -0.2) is 42.9 Å². The van der Waals surface area contributed by atoms with Gasteiger partial charge >= 0.3 is 0 Å². The van der Waals surface area contributed by atoms with Gasteiger partial charge in [-0.15, -0.1) is 12.4 Å². The van der Waals surface area contributed by atoms with Crippen molar-refractivity contribution in [3.05, 3.63) is 29.3 Å². The lowest BCUT2D eigenvalue weighted by Crippen LogP contribution is -2.49. The summed E-state index contributed by atoms with van der Waals surface area (Å²) >= 11 is 0. The first-order valence-corrected chi connectivity index (χ1v) is 7.83. The van der Waals surface area contributed by atoms with Crippen LogP contribution in [0.3, 0.4) is 0 Å². The van der Waals surface area contributed by atoms with Crippen LogP contribution >= 0.6 is 12.4 Å². The van der Waals surface area contributed by atoms with Crippen molar-refractivity contribution in [1.29, 1.82) is 0 Å². The van der Waals surface area contributed by atoms with Crippen LogP contribution in [0.1, 0.15) is 30.4 Å². The zero-order chi connectivity index (χ0) is 16.1. The summed E-state index contributed by atoms with van der Waals surface area (Å²) in [6.45, 7) is 4.87. The molecule has 2 amide bonds. The van der Waals surface area contributed by atoms with E-state index < -0.39 is 0 Å². The second kappa shape index (κ2) is 8.89. The van der Waals surface area contributed by atoms with E-state index in [0.29, 0.717) is 0 Å². The predicted octanol–water partition coefficient (Wildman–Crippen LogP) is 2.26. The van der Waals surface area contributed by atoms with Crippen molar-refractivity contribution in [2.45, 2.75) is 39.2 Å². The standard InChI is InChI=1S/C17H25N3O2.ClH/c1-12-7-6-8-13(2)16(12)19-15(21)11-20(3)17(22)14-9-4-5-10-18-14;/h6-8,14,18H,4-5,9-11H2,1-3H3,(H,19,21);1H. The summed E-state index contributed by atoms with van der Waals surface area (Å²) in [5, 5.41) is 6.13. The van der Waals surface area contributed by atoms with Crippen molar-refractivity contribution in [3.8, 4) is 0 Å². The third kappa shape index (κ3) is 5.22. The van der Waals surface area contributed by atoms with Crippen molar-refractivity contribution in [2.24, 2.45) is 0 Å². The van der Waals surface area contributed by atoms with E-state index in [9.17, 15) is 9.59 Å². The monoisotopic (exact) mass is 339 g/mol. The summed E-state index contributed by atoms with van der Waals surface area (Å²) in [6, 6.07) is 5.74. The first kappa shape index (κ1) is 19.5. The van der Waals surface area contributed by atoms with E-state index in [0.717, 1.165) is 42.6 Å². The molecule has 0 aliphatic carbocycles. The molecule has 0 saturated carbocycles. The number of nitrogens with one attached hydrogen (secondary N) is 2. The molecular formula is C17H26ClN3O2. The quantitative estimate of drug-likeness (QED) is 0.884. The fourth-order valence-electron chi connectivity index (χ4n) is 2.81. The number of anilines is 1. The van der Waals surface area contributed by atoms with Crippen molar-refractivity contribution in [3.63, 3.8) is 0 Å². The average molecular weight is 340 g/mol. The summed E-state index contributed by atoms with van der Waals surface area (Å²) < 4.78 is 0. The second-order valence-corrected chi connectivity index (χ2v) is 6.01. The molecule has 1 unspecified atom stereocenters. The minimum atomic E-state index is -0.163. The molecule has 0 radical (unpaired) electrons. The van der Waals surface area contributed by atoms with E-state index in [-0.39, 0.29) is 36.8 Å². The summed E-state index contributed by atoms with van der Waals surface area (Å²) in [5.41, 5.74) is 2.89. The molecule has 0 spiro atoms. The number of hydrogen-bond donors (Lipinski definition) is 2. The highest BCUT2D eigenvalue weighted by atomic mass is 35.5. The van der Waals surface area contributed by atoms with Crippen LogP contribution in [0.4, 0.5) is 5.69 Å². The molecule has 1 aromatic rings. The maximum absolute atomic E-state index is 12.3. The third-order valence-electron chi connectivity index (χ3n) is 4.11. The molecule has 1 aromatic carbocycles. The average Bonchev–Trinajstić information content (AvgIpc) is 2.51. The lowest BCUT2D eigenvalue weighted by Gasteiger charge is -2.27. The van der Waals surface area contributed by atoms with Crippen LogP contribution in [0.2, 0.25) is 0 Å². The highest BCUT2D eigenvalue weighted by Gasteiger charge is 2.24. The number of carbonyl (C=O) groups excluding carboxylic acids is 2. The van der Waals surface area contributed by atoms with E-state index in [4.69, 9.17) is 0 Å². The molecule has 1 heterocycles. The Labute approximate surface area is 144 Å². The molecule has 1 fully saturated rings. The number of hydrogen-bond acceptors (Lipinski definition) is 3. The van der Waals surface area contributed by atoms with Gasteiger partial charge in [-0.1, -0.05) is 24.6 Å². The SMILES string of the molecule is Cc1cccc(C)c1NC(=O)CN(C)C(=O)C1CCCCN1.Cl. The van der Waals surface area contributed by atoms with Crippen molar-refractivity contribution in [1.82, 2.24) is 10.2 Å². The number of benzene rings is 1. The highest BCUT2D eigenvalue weighted by molar-refractivity contribution is 5.96. The Hall–Kier alpha value is -1.59. The number of likely N-dealkylation sites (N-methyl/N-ethyl adjacent to an activating group) is 1. The summed E-state index contributed by atoms with van der Waals surface area (Å²) in [6.07, 6.45) is 3.02. The fourth-order valence-corrected chi connectivity index (χ4v) is 2.81. The first-order valence-electron chi connectivity index (χ1n) is 7.83. The smallest absolute Gasteiger partial charge is 0.243 e. The van der Waals surface area contributed by atoms with Crippen molar-refractivity contribution >= 4 is 29.9 Å².